The summed E-state index contributed by atoms with van der Waals surface area (Å²) in [5, 5.41) is 3.25. The molecule has 1 amide bonds. The molecule has 0 saturated heterocycles. The van der Waals surface area contributed by atoms with E-state index in [4.69, 9.17) is 4.74 Å². The van der Waals surface area contributed by atoms with Crippen molar-refractivity contribution in [2.45, 2.75) is 12.6 Å². The monoisotopic (exact) mass is 298 g/mol. The lowest BCUT2D eigenvalue weighted by atomic mass is 10.0. The van der Waals surface area contributed by atoms with Gasteiger partial charge in [-0.05, 0) is 6.07 Å². The fourth-order valence-electron chi connectivity index (χ4n) is 2.50. The molecule has 0 aliphatic carbocycles. The van der Waals surface area contributed by atoms with Crippen molar-refractivity contribution >= 4 is 5.91 Å². The first kappa shape index (κ1) is 14.5. The van der Waals surface area contributed by atoms with Crippen LogP contribution in [0.2, 0.25) is 0 Å². The molecule has 1 aromatic carbocycles. The molecular weight excluding hydrogens is 280 g/mol. The minimum absolute atomic E-state index is 0.0106. The lowest BCUT2D eigenvalue weighted by molar-refractivity contribution is -0.132. The Bertz CT molecular complexity index is 648. The Labute approximate surface area is 129 Å². The van der Waals surface area contributed by atoms with E-state index >= 15 is 0 Å². The van der Waals surface area contributed by atoms with Crippen LogP contribution in [0.3, 0.4) is 0 Å². The van der Waals surface area contributed by atoms with Gasteiger partial charge >= 0.3 is 0 Å². The molecule has 3 rings (SSSR count). The Morgan fingerprint density at radius 1 is 1.41 bits per heavy atom. The maximum atomic E-state index is 12.8. The summed E-state index contributed by atoms with van der Waals surface area (Å²) < 4.78 is 5.67. The van der Waals surface area contributed by atoms with E-state index < -0.39 is 6.04 Å². The molecule has 0 fully saturated rings. The van der Waals surface area contributed by atoms with Crippen molar-refractivity contribution in [3.05, 3.63) is 54.1 Å². The van der Waals surface area contributed by atoms with E-state index in [1.54, 1.807) is 30.5 Å². The molecule has 1 aliphatic heterocycles. The van der Waals surface area contributed by atoms with E-state index in [-0.39, 0.29) is 5.91 Å². The number of aromatic nitrogens is 2. The highest BCUT2D eigenvalue weighted by molar-refractivity contribution is 5.84. The molecule has 1 N–H and O–H groups in total. The smallest absolute Gasteiger partial charge is 0.244 e. The molecule has 22 heavy (non-hydrogen) atoms. The number of amides is 1. The van der Waals surface area contributed by atoms with Crippen LogP contribution in [-0.2, 0) is 11.3 Å². The highest BCUT2D eigenvalue weighted by Crippen LogP contribution is 2.28. The number of rotatable bonds is 3. The Morgan fingerprint density at radius 3 is 3.09 bits per heavy atom. The summed E-state index contributed by atoms with van der Waals surface area (Å²) in [7, 11) is 1.77. The van der Waals surface area contributed by atoms with Gasteiger partial charge in [-0.15, -0.1) is 0 Å². The first-order chi connectivity index (χ1) is 10.8. The van der Waals surface area contributed by atoms with Crippen LogP contribution in [0, 0.1) is 0 Å². The van der Waals surface area contributed by atoms with Gasteiger partial charge in [0.1, 0.15) is 18.4 Å². The summed E-state index contributed by atoms with van der Waals surface area (Å²) in [6, 6.07) is 7.24. The van der Waals surface area contributed by atoms with Gasteiger partial charge in [0, 0.05) is 31.5 Å². The van der Waals surface area contributed by atoms with Gasteiger partial charge in [-0.1, -0.05) is 18.2 Å². The summed E-state index contributed by atoms with van der Waals surface area (Å²) in [5.74, 6) is 0.752. The zero-order valence-electron chi connectivity index (χ0n) is 12.4. The van der Waals surface area contributed by atoms with Crippen LogP contribution in [0.5, 0.6) is 5.75 Å². The van der Waals surface area contributed by atoms with Crippen LogP contribution in [-0.4, -0.2) is 41.0 Å². The quantitative estimate of drug-likeness (QED) is 0.921. The standard InChI is InChI=1S/C16H18N4O2/c1-20(11-12-10-17-6-7-18-12)16(21)15-13-4-2-3-5-14(13)22-9-8-19-15/h2-7,10,15,19H,8-9,11H2,1H3. The molecule has 2 heterocycles. The van der Waals surface area contributed by atoms with Crippen LogP contribution in [0.4, 0.5) is 0 Å². The Kier molecular flexibility index (Phi) is 4.29. The van der Waals surface area contributed by atoms with E-state index in [0.29, 0.717) is 19.7 Å². The molecule has 0 bridgehead atoms. The van der Waals surface area contributed by atoms with Crippen molar-refractivity contribution in [1.29, 1.82) is 0 Å². The second kappa shape index (κ2) is 6.53. The Balaban J connectivity index is 1.79. The highest BCUT2D eigenvalue weighted by atomic mass is 16.5. The third kappa shape index (κ3) is 3.07. The van der Waals surface area contributed by atoms with Crippen molar-refractivity contribution in [3.63, 3.8) is 0 Å². The van der Waals surface area contributed by atoms with Crippen LogP contribution in [0.25, 0.3) is 0 Å². The number of nitrogens with zero attached hydrogens (tertiary/aromatic N) is 3. The molecule has 0 radical (unpaired) electrons. The minimum atomic E-state index is -0.402. The van der Waals surface area contributed by atoms with Gasteiger partial charge in [0.25, 0.3) is 0 Å². The van der Waals surface area contributed by atoms with Gasteiger partial charge < -0.3 is 9.64 Å². The van der Waals surface area contributed by atoms with E-state index in [0.717, 1.165) is 17.0 Å². The number of ether oxygens (including phenoxy) is 1. The van der Waals surface area contributed by atoms with E-state index in [1.165, 1.54) is 0 Å². The van der Waals surface area contributed by atoms with Crippen LogP contribution < -0.4 is 10.1 Å². The summed E-state index contributed by atoms with van der Waals surface area (Å²) in [4.78, 5) is 22.7. The number of para-hydroxylation sites is 1. The summed E-state index contributed by atoms with van der Waals surface area (Å²) in [6.07, 6.45) is 4.91. The fourth-order valence-corrected chi connectivity index (χ4v) is 2.50. The normalized spacial score (nSPS) is 17.0. The van der Waals surface area contributed by atoms with Crippen molar-refractivity contribution in [2.75, 3.05) is 20.2 Å². The van der Waals surface area contributed by atoms with Crippen molar-refractivity contribution in [2.24, 2.45) is 0 Å². The van der Waals surface area contributed by atoms with Crippen molar-refractivity contribution < 1.29 is 9.53 Å². The van der Waals surface area contributed by atoms with E-state index in [2.05, 4.69) is 15.3 Å². The van der Waals surface area contributed by atoms with Gasteiger partial charge in [-0.3, -0.25) is 20.1 Å². The molecule has 6 nitrogen and oxygen atoms in total. The molecule has 2 aromatic rings. The second-order valence-corrected chi connectivity index (χ2v) is 5.16. The second-order valence-electron chi connectivity index (χ2n) is 5.16. The van der Waals surface area contributed by atoms with Gasteiger partial charge in [0.05, 0.1) is 18.4 Å². The first-order valence-electron chi connectivity index (χ1n) is 7.20. The third-order valence-electron chi connectivity index (χ3n) is 3.58. The number of carbonyl (C=O) groups excluding carboxylic acids is 1. The number of fused-ring (bicyclic) bond motifs is 1. The number of likely N-dealkylation sites (N-methyl/N-ethyl adjacent to an activating group) is 1. The predicted molar refractivity (Wildman–Crippen MR) is 81.2 cm³/mol. The number of carbonyl (C=O) groups is 1. The van der Waals surface area contributed by atoms with E-state index in [1.807, 2.05) is 24.3 Å². The summed E-state index contributed by atoms with van der Waals surface area (Å²) in [5.41, 5.74) is 1.63. The van der Waals surface area contributed by atoms with Gasteiger partial charge in [0.15, 0.2) is 0 Å². The molecule has 1 atom stereocenters. The third-order valence-corrected chi connectivity index (χ3v) is 3.58. The zero-order chi connectivity index (χ0) is 15.4. The Hall–Kier alpha value is -2.47. The molecule has 1 unspecified atom stereocenters. The van der Waals surface area contributed by atoms with Gasteiger partial charge in [0.2, 0.25) is 5.91 Å². The maximum absolute atomic E-state index is 12.8. The van der Waals surface area contributed by atoms with Crippen molar-refractivity contribution in [3.8, 4) is 5.75 Å². The van der Waals surface area contributed by atoms with Crippen LogP contribution >= 0.6 is 0 Å². The van der Waals surface area contributed by atoms with E-state index in [9.17, 15) is 4.79 Å². The average molecular weight is 298 g/mol. The largest absolute Gasteiger partial charge is 0.492 e. The highest BCUT2D eigenvalue weighted by Gasteiger charge is 2.28. The molecular formula is C16H18N4O2. The van der Waals surface area contributed by atoms with Crippen LogP contribution in [0.15, 0.2) is 42.9 Å². The fraction of sp³-hybridized carbons (Fsp3) is 0.312. The summed E-state index contributed by atoms with van der Waals surface area (Å²) in [6.45, 7) is 1.60. The van der Waals surface area contributed by atoms with Crippen molar-refractivity contribution in [1.82, 2.24) is 20.2 Å². The number of hydrogen-bond donors (Lipinski definition) is 1. The molecule has 1 aromatic heterocycles. The topological polar surface area (TPSA) is 67.4 Å². The lowest BCUT2D eigenvalue weighted by Crippen LogP contribution is -2.38. The zero-order valence-corrected chi connectivity index (χ0v) is 12.4. The molecule has 114 valence electrons. The van der Waals surface area contributed by atoms with Gasteiger partial charge in [-0.2, -0.15) is 0 Å². The SMILES string of the molecule is CN(Cc1cnccn1)C(=O)C1NCCOc2ccccc21. The Morgan fingerprint density at radius 2 is 2.27 bits per heavy atom. The molecule has 6 heteroatoms. The molecule has 1 aliphatic rings. The average Bonchev–Trinajstić information content (AvgIpc) is 2.77. The maximum Gasteiger partial charge on any atom is 0.244 e. The predicted octanol–water partition coefficient (Wildman–Crippen LogP) is 1.16. The first-order valence-corrected chi connectivity index (χ1v) is 7.20. The van der Waals surface area contributed by atoms with Gasteiger partial charge in [-0.25, -0.2) is 0 Å². The van der Waals surface area contributed by atoms with Crippen LogP contribution in [0.1, 0.15) is 17.3 Å². The minimum Gasteiger partial charge on any atom is -0.492 e. The number of nitrogens with one attached hydrogen (secondary N) is 1. The summed E-state index contributed by atoms with van der Waals surface area (Å²) >= 11 is 0. The number of hydrogen-bond acceptors (Lipinski definition) is 5. The molecule has 0 saturated carbocycles. The molecule has 0 spiro atoms. The lowest BCUT2D eigenvalue weighted by Gasteiger charge is -2.23. The number of benzene rings is 1.